The van der Waals surface area contributed by atoms with Crippen LogP contribution in [-0.4, -0.2) is 69.0 Å². The number of hydrogen-bond acceptors (Lipinski definition) is 18. The molecule has 0 saturated carbocycles. The van der Waals surface area contributed by atoms with Crippen molar-refractivity contribution in [2.24, 2.45) is 32.0 Å². The Labute approximate surface area is 270 Å². The topological polar surface area (TPSA) is 400 Å². The van der Waals surface area contributed by atoms with Gasteiger partial charge in [0.2, 0.25) is 0 Å². The van der Waals surface area contributed by atoms with E-state index in [1.165, 1.54) is 32.0 Å². The van der Waals surface area contributed by atoms with Gasteiger partial charge in [0.25, 0.3) is 0 Å². The normalized spacial score (nSPS) is 8.00. The zero-order valence-electron chi connectivity index (χ0n) is 25.2. The van der Waals surface area contributed by atoms with E-state index < -0.39 is 0 Å². The Balaban J connectivity index is -0.000000203. The fourth-order valence-electron chi connectivity index (χ4n) is 4.12. The molecule has 0 atom stereocenters. The van der Waals surface area contributed by atoms with Gasteiger partial charge in [-0.2, -0.15) is 0 Å². The first kappa shape index (κ1) is 54.1. The van der Waals surface area contributed by atoms with Gasteiger partial charge in [0, 0.05) is 38.5 Å². The summed E-state index contributed by atoms with van der Waals surface area (Å²) >= 11 is 0. The van der Waals surface area contributed by atoms with E-state index in [2.05, 4.69) is 0 Å². The highest BCUT2D eigenvalue weighted by Crippen LogP contribution is 2.34. The van der Waals surface area contributed by atoms with Gasteiger partial charge in [-0.05, 0) is 71.9 Å². The largest absolute Gasteiger partial charge is 0.379 e. The molecule has 0 aliphatic rings. The van der Waals surface area contributed by atoms with Gasteiger partial charge >= 0.3 is 0 Å². The van der Waals surface area contributed by atoms with E-state index in [1.807, 2.05) is 0 Å². The third kappa shape index (κ3) is 34.1. The molecule has 0 heterocycles. The van der Waals surface area contributed by atoms with Gasteiger partial charge in [-0.3, -0.25) is 0 Å². The summed E-state index contributed by atoms with van der Waals surface area (Å²) in [5, 5.41) is 47.3. The lowest BCUT2D eigenvalue weighted by Crippen LogP contribution is -2.16. The summed E-state index contributed by atoms with van der Waals surface area (Å²) < 4.78 is 0. The molecular formula is C24H36N6O18. The molecule has 24 heteroatoms. The molecular weight excluding hydrogens is 660 g/mol. The Morgan fingerprint density at radius 2 is 0.375 bits per heavy atom. The van der Waals surface area contributed by atoms with Crippen molar-refractivity contribution >= 4 is 37.7 Å². The zero-order valence-corrected chi connectivity index (χ0v) is 25.2. The molecule has 0 bridgehead atoms. The summed E-state index contributed by atoms with van der Waals surface area (Å²) in [5.74, 6) is 0. The van der Waals surface area contributed by atoms with Gasteiger partial charge in [0.15, 0.2) is 32.0 Å². The van der Waals surface area contributed by atoms with Crippen LogP contribution < -0.4 is 0 Å². The Morgan fingerprint density at radius 1 is 0.292 bits per heavy atom. The van der Waals surface area contributed by atoms with Crippen molar-refractivity contribution in [1.29, 1.82) is 0 Å². The number of carbonyl (C=O) groups excluding carboxylic acids is 6. The van der Waals surface area contributed by atoms with E-state index in [4.69, 9.17) is 60.7 Å². The van der Waals surface area contributed by atoms with Crippen molar-refractivity contribution < 1.29 is 60.0 Å². The molecule has 0 aliphatic heterocycles. The number of benzene rings is 1. The fraction of sp³-hybridized carbons (Fsp3) is 0.500. The molecule has 0 radical (unpaired) electrons. The van der Waals surface area contributed by atoms with Crippen LogP contribution in [0.25, 0.3) is 0 Å². The summed E-state index contributed by atoms with van der Waals surface area (Å²) in [6.07, 6.45) is 9.68. The second kappa shape index (κ2) is 50.3. The summed E-state index contributed by atoms with van der Waals surface area (Å²) in [4.78, 5) is 115. The van der Waals surface area contributed by atoms with Crippen LogP contribution in [0, 0.1) is 29.4 Å². The minimum Gasteiger partial charge on any atom is -0.379 e. The van der Waals surface area contributed by atoms with Crippen LogP contribution in [0.1, 0.15) is 71.9 Å². The first-order valence-corrected chi connectivity index (χ1v) is 12.8. The molecule has 1 aromatic rings. The van der Waals surface area contributed by atoms with Crippen molar-refractivity contribution in [3.05, 3.63) is 62.8 Å². The molecule has 0 saturated heterocycles. The fourth-order valence-corrected chi connectivity index (χ4v) is 4.12. The number of hydrogen-bond donors (Lipinski definition) is 6. The minimum absolute atomic E-state index is 0.302. The van der Waals surface area contributed by atoms with E-state index >= 15 is 0 Å². The third-order valence-electron chi connectivity index (χ3n) is 5.26. The highest BCUT2D eigenvalue weighted by molar-refractivity contribution is 5.62. The van der Waals surface area contributed by atoms with Crippen LogP contribution in [0.15, 0.2) is 32.0 Å². The van der Waals surface area contributed by atoms with Crippen molar-refractivity contribution in [1.82, 2.24) is 0 Å². The Bertz CT molecular complexity index is 830. The van der Waals surface area contributed by atoms with Crippen molar-refractivity contribution in [3.8, 4) is 0 Å². The predicted molar refractivity (Wildman–Crippen MR) is 158 cm³/mol. The van der Waals surface area contributed by atoms with Gasteiger partial charge < -0.3 is 60.0 Å². The zero-order chi connectivity index (χ0) is 38.4. The SMILES string of the molecule is O=CCCc1c(CCC=O)c(CCC=O)c(CCC=O)c(CCC=O)c1CCC=O.O=NO.O=NO.O=NO.O=NO.O=NO.O=NO. The number of rotatable bonds is 18. The summed E-state index contributed by atoms with van der Waals surface area (Å²) in [5.41, 5.74) is 5.68. The predicted octanol–water partition coefficient (Wildman–Crippen LogP) is 3.33. The standard InChI is InChI=1S/C24H30O6.6HNO2/c25-13-1-7-19-20(8-2-14-26)22(10-4-16-28)24(12-6-18-30)23(11-5-17-29)21(19)9-3-15-27;6*2-1-3/h13-18H,1-12H2;6*(H,2,3). The maximum absolute atomic E-state index is 11.1. The number of carbonyl (C=O) groups is 6. The molecule has 0 fully saturated rings. The van der Waals surface area contributed by atoms with Crippen molar-refractivity contribution in [2.75, 3.05) is 0 Å². The molecule has 6 N–H and O–H groups in total. The van der Waals surface area contributed by atoms with E-state index in [9.17, 15) is 28.8 Å². The minimum atomic E-state index is 0.302. The van der Waals surface area contributed by atoms with Gasteiger partial charge in [0.05, 0.1) is 0 Å². The molecule has 0 spiro atoms. The molecule has 0 aromatic heterocycles. The van der Waals surface area contributed by atoms with Crippen molar-refractivity contribution in [2.45, 2.75) is 77.0 Å². The summed E-state index contributed by atoms with van der Waals surface area (Å²) in [7, 11) is 0. The summed E-state index contributed by atoms with van der Waals surface area (Å²) in [6, 6.07) is 0. The van der Waals surface area contributed by atoms with E-state index in [1.54, 1.807) is 0 Å². The molecule has 1 rings (SSSR count). The Hall–Kier alpha value is -6.36. The molecule has 0 unspecified atom stereocenters. The average Bonchev–Trinajstić information content (AvgIpc) is 3.05. The summed E-state index contributed by atoms with van der Waals surface area (Å²) in [6.45, 7) is 0. The lowest BCUT2D eigenvalue weighted by molar-refractivity contribution is -0.108. The first-order chi connectivity index (χ1) is 23.2. The molecule has 270 valence electrons. The van der Waals surface area contributed by atoms with Crippen molar-refractivity contribution in [3.63, 3.8) is 0 Å². The second-order valence-electron chi connectivity index (χ2n) is 7.59. The first-order valence-electron chi connectivity index (χ1n) is 12.8. The smallest absolute Gasteiger partial charge is 0.152 e. The maximum Gasteiger partial charge on any atom is 0.152 e. The molecule has 48 heavy (non-hydrogen) atoms. The number of aldehydes is 6. The maximum atomic E-state index is 11.1. The van der Waals surface area contributed by atoms with Crippen LogP contribution in [0.5, 0.6) is 0 Å². The molecule has 0 aliphatic carbocycles. The van der Waals surface area contributed by atoms with Gasteiger partial charge in [-0.15, -0.1) is 29.4 Å². The van der Waals surface area contributed by atoms with E-state index in [0.717, 1.165) is 71.1 Å². The van der Waals surface area contributed by atoms with Gasteiger partial charge in [-0.1, -0.05) is 0 Å². The van der Waals surface area contributed by atoms with Gasteiger partial charge in [0.1, 0.15) is 37.7 Å². The lowest BCUT2D eigenvalue weighted by atomic mass is 9.78. The molecule has 24 nitrogen and oxygen atoms in total. The van der Waals surface area contributed by atoms with E-state index in [0.29, 0.717) is 77.0 Å². The van der Waals surface area contributed by atoms with Crippen LogP contribution in [0.4, 0.5) is 0 Å². The Morgan fingerprint density at radius 3 is 0.438 bits per heavy atom. The molecule has 1 aromatic carbocycles. The van der Waals surface area contributed by atoms with Crippen LogP contribution in [0.2, 0.25) is 0 Å². The van der Waals surface area contributed by atoms with Crippen LogP contribution >= 0.6 is 0 Å². The number of nitrogens with zero attached hydrogens (tertiary/aromatic N) is 6. The average molecular weight is 697 g/mol. The lowest BCUT2D eigenvalue weighted by Gasteiger charge is -2.26. The Kier molecular flexibility index (Phi) is 56.7. The molecule has 0 amide bonds. The quantitative estimate of drug-likeness (QED) is 0.0727. The second-order valence-corrected chi connectivity index (χ2v) is 7.59. The highest BCUT2D eigenvalue weighted by atomic mass is 16.6. The third-order valence-corrected chi connectivity index (χ3v) is 5.26. The van der Waals surface area contributed by atoms with Crippen LogP contribution in [0.3, 0.4) is 0 Å². The monoisotopic (exact) mass is 696 g/mol. The van der Waals surface area contributed by atoms with E-state index in [-0.39, 0.29) is 0 Å². The van der Waals surface area contributed by atoms with Crippen LogP contribution in [-0.2, 0) is 67.3 Å². The highest BCUT2D eigenvalue weighted by Gasteiger charge is 2.22. The van der Waals surface area contributed by atoms with Gasteiger partial charge in [-0.25, -0.2) is 0 Å².